The molecular weight excluding hydrogens is 441 g/mol. The Morgan fingerprint density at radius 1 is 1.12 bits per heavy atom. The van der Waals surface area contributed by atoms with E-state index in [4.69, 9.17) is 15.2 Å². The molecular formula is C20H28IN3O2. The first-order chi connectivity index (χ1) is 12.0. The zero-order chi connectivity index (χ0) is 18.2. The second-order valence-electron chi connectivity index (χ2n) is 6.09. The maximum atomic E-state index is 5.99. The maximum Gasteiger partial charge on any atom is 0.188 e. The van der Waals surface area contributed by atoms with Gasteiger partial charge in [-0.1, -0.05) is 42.8 Å². The van der Waals surface area contributed by atoms with Crippen LogP contribution in [0, 0.1) is 6.92 Å². The van der Waals surface area contributed by atoms with E-state index in [0.717, 1.165) is 12.1 Å². The molecule has 142 valence electrons. The molecule has 0 aliphatic rings. The van der Waals surface area contributed by atoms with E-state index < -0.39 is 0 Å². The fraction of sp³-hybridized carbons (Fsp3) is 0.350. The summed E-state index contributed by atoms with van der Waals surface area (Å²) in [5.74, 6) is 2.19. The monoisotopic (exact) mass is 469 g/mol. The number of nitrogens with one attached hydrogen (secondary N) is 1. The molecule has 0 spiro atoms. The molecule has 0 amide bonds. The van der Waals surface area contributed by atoms with Gasteiger partial charge in [-0.05, 0) is 36.1 Å². The van der Waals surface area contributed by atoms with Gasteiger partial charge in [-0.3, -0.25) is 0 Å². The van der Waals surface area contributed by atoms with Crippen LogP contribution in [0.15, 0.2) is 47.5 Å². The largest absolute Gasteiger partial charge is 0.493 e. The molecule has 0 bridgehead atoms. The lowest BCUT2D eigenvalue weighted by molar-refractivity contribution is 0.354. The van der Waals surface area contributed by atoms with Gasteiger partial charge in [-0.25, -0.2) is 4.99 Å². The van der Waals surface area contributed by atoms with Gasteiger partial charge in [-0.2, -0.15) is 0 Å². The summed E-state index contributed by atoms with van der Waals surface area (Å²) in [7, 11) is 3.24. The molecule has 0 radical (unpaired) electrons. The van der Waals surface area contributed by atoms with Crippen molar-refractivity contribution in [1.29, 1.82) is 0 Å². The van der Waals surface area contributed by atoms with Crippen LogP contribution < -0.4 is 20.5 Å². The summed E-state index contributed by atoms with van der Waals surface area (Å²) in [6.45, 7) is 5.49. The predicted octanol–water partition coefficient (Wildman–Crippen LogP) is 3.84. The lowest BCUT2D eigenvalue weighted by atomic mass is 9.99. The van der Waals surface area contributed by atoms with Crippen LogP contribution in [0.1, 0.15) is 29.5 Å². The quantitative estimate of drug-likeness (QED) is 0.368. The van der Waals surface area contributed by atoms with E-state index in [0.29, 0.717) is 29.9 Å². The summed E-state index contributed by atoms with van der Waals surface area (Å²) >= 11 is 0. The van der Waals surface area contributed by atoms with Gasteiger partial charge in [0.2, 0.25) is 0 Å². The molecule has 0 heterocycles. The van der Waals surface area contributed by atoms with Crippen LogP contribution in [0.2, 0.25) is 0 Å². The Bertz CT molecular complexity index is 735. The number of methoxy groups -OCH3 is 2. The molecule has 2 aromatic rings. The van der Waals surface area contributed by atoms with Crippen molar-refractivity contribution in [3.05, 3.63) is 59.2 Å². The summed E-state index contributed by atoms with van der Waals surface area (Å²) in [6.07, 6.45) is 0. The molecule has 5 nitrogen and oxygen atoms in total. The standard InChI is InChI=1S/C20H27N3O2.HI/c1-14-6-5-7-17(10-14)15(2)12-22-20(21)23-13-16-8-9-18(24-3)19(11-16)25-4;/h5-11,15H,12-13H2,1-4H3,(H3,21,22,23);1H. The third-order valence-electron chi connectivity index (χ3n) is 4.08. The summed E-state index contributed by atoms with van der Waals surface area (Å²) in [6, 6.07) is 14.2. The van der Waals surface area contributed by atoms with Crippen molar-refractivity contribution in [2.24, 2.45) is 10.7 Å². The molecule has 6 heteroatoms. The lowest BCUT2D eigenvalue weighted by Crippen LogP contribution is -2.34. The first kappa shape index (κ1) is 22.1. The van der Waals surface area contributed by atoms with Gasteiger partial charge >= 0.3 is 0 Å². The molecule has 3 N–H and O–H groups in total. The zero-order valence-electron chi connectivity index (χ0n) is 15.8. The number of halogens is 1. The molecule has 1 atom stereocenters. The Kier molecular flexibility index (Phi) is 9.26. The number of hydrogen-bond acceptors (Lipinski definition) is 3. The first-order valence-corrected chi connectivity index (χ1v) is 8.34. The normalized spacial score (nSPS) is 12.1. The third kappa shape index (κ3) is 6.40. The summed E-state index contributed by atoms with van der Waals surface area (Å²) in [5.41, 5.74) is 9.55. The number of hydrogen-bond donors (Lipinski definition) is 2. The Labute approximate surface area is 173 Å². The van der Waals surface area contributed by atoms with Crippen LogP contribution in [0.3, 0.4) is 0 Å². The van der Waals surface area contributed by atoms with Crippen molar-refractivity contribution < 1.29 is 9.47 Å². The number of aliphatic imine (C=N–C) groups is 1. The number of nitrogens with zero attached hydrogens (tertiary/aromatic N) is 1. The number of benzene rings is 2. The number of rotatable bonds is 7. The second-order valence-corrected chi connectivity index (χ2v) is 6.09. The topological polar surface area (TPSA) is 68.9 Å². The van der Waals surface area contributed by atoms with E-state index in [9.17, 15) is 0 Å². The lowest BCUT2D eigenvalue weighted by Gasteiger charge is -2.14. The van der Waals surface area contributed by atoms with Crippen molar-refractivity contribution in [1.82, 2.24) is 5.32 Å². The average molecular weight is 469 g/mol. The molecule has 0 saturated carbocycles. The van der Waals surface area contributed by atoms with Crippen LogP contribution in [-0.4, -0.2) is 26.7 Å². The van der Waals surface area contributed by atoms with Gasteiger partial charge in [0, 0.05) is 6.54 Å². The van der Waals surface area contributed by atoms with Crippen LogP contribution >= 0.6 is 24.0 Å². The Hall–Kier alpha value is -1.96. The van der Waals surface area contributed by atoms with E-state index in [2.05, 4.69) is 48.4 Å². The van der Waals surface area contributed by atoms with Gasteiger partial charge in [-0.15, -0.1) is 24.0 Å². The molecule has 0 saturated heterocycles. The van der Waals surface area contributed by atoms with E-state index in [-0.39, 0.29) is 24.0 Å². The summed E-state index contributed by atoms with van der Waals surface area (Å²) < 4.78 is 10.5. The fourth-order valence-corrected chi connectivity index (χ4v) is 2.56. The minimum absolute atomic E-state index is 0. The minimum atomic E-state index is 0. The highest BCUT2D eigenvalue weighted by molar-refractivity contribution is 14.0. The van der Waals surface area contributed by atoms with Gasteiger partial charge in [0.05, 0.1) is 20.8 Å². The van der Waals surface area contributed by atoms with E-state index >= 15 is 0 Å². The van der Waals surface area contributed by atoms with Gasteiger partial charge < -0.3 is 20.5 Å². The van der Waals surface area contributed by atoms with Crippen molar-refractivity contribution in [2.45, 2.75) is 26.3 Å². The van der Waals surface area contributed by atoms with Crippen LogP contribution in [0.5, 0.6) is 11.5 Å². The van der Waals surface area contributed by atoms with Crippen molar-refractivity contribution in [3.63, 3.8) is 0 Å². The molecule has 0 aliphatic heterocycles. The smallest absolute Gasteiger partial charge is 0.188 e. The van der Waals surface area contributed by atoms with Crippen molar-refractivity contribution in [2.75, 3.05) is 20.8 Å². The maximum absolute atomic E-state index is 5.99. The Morgan fingerprint density at radius 3 is 2.50 bits per heavy atom. The van der Waals surface area contributed by atoms with Crippen LogP contribution in [0.4, 0.5) is 0 Å². The Balaban J connectivity index is 0.00000338. The zero-order valence-corrected chi connectivity index (χ0v) is 18.1. The minimum Gasteiger partial charge on any atom is -0.493 e. The molecule has 2 rings (SSSR count). The SMILES string of the molecule is COc1ccc(CN=C(N)NCC(C)c2cccc(C)c2)cc1OC.I. The first-order valence-electron chi connectivity index (χ1n) is 8.34. The van der Waals surface area contributed by atoms with E-state index in [1.807, 2.05) is 18.2 Å². The Morgan fingerprint density at radius 2 is 1.85 bits per heavy atom. The summed E-state index contributed by atoms with van der Waals surface area (Å²) in [4.78, 5) is 4.40. The molecule has 26 heavy (non-hydrogen) atoms. The van der Waals surface area contributed by atoms with E-state index in [1.165, 1.54) is 11.1 Å². The molecule has 0 aliphatic carbocycles. The highest BCUT2D eigenvalue weighted by Gasteiger charge is 2.07. The molecule has 0 fully saturated rings. The second kappa shape index (κ2) is 10.9. The van der Waals surface area contributed by atoms with Gasteiger partial charge in [0.25, 0.3) is 0 Å². The molecule has 1 unspecified atom stereocenters. The number of nitrogens with two attached hydrogens (primary N) is 1. The summed E-state index contributed by atoms with van der Waals surface area (Å²) in [5, 5.41) is 3.19. The number of ether oxygens (including phenoxy) is 2. The molecule has 2 aromatic carbocycles. The average Bonchev–Trinajstić information content (AvgIpc) is 2.64. The predicted molar refractivity (Wildman–Crippen MR) is 118 cm³/mol. The third-order valence-corrected chi connectivity index (χ3v) is 4.08. The molecule has 0 aromatic heterocycles. The number of guanidine groups is 1. The highest BCUT2D eigenvalue weighted by atomic mass is 127. The fourth-order valence-electron chi connectivity index (χ4n) is 2.56. The van der Waals surface area contributed by atoms with Crippen LogP contribution in [-0.2, 0) is 6.54 Å². The van der Waals surface area contributed by atoms with Gasteiger partial charge in [0.1, 0.15) is 0 Å². The van der Waals surface area contributed by atoms with Gasteiger partial charge in [0.15, 0.2) is 17.5 Å². The van der Waals surface area contributed by atoms with Crippen LogP contribution in [0.25, 0.3) is 0 Å². The van der Waals surface area contributed by atoms with E-state index in [1.54, 1.807) is 14.2 Å². The van der Waals surface area contributed by atoms with Crippen molar-refractivity contribution in [3.8, 4) is 11.5 Å². The highest BCUT2D eigenvalue weighted by Crippen LogP contribution is 2.27. The number of aryl methyl sites for hydroxylation is 1. The van der Waals surface area contributed by atoms with Crippen molar-refractivity contribution >= 4 is 29.9 Å².